The Morgan fingerprint density at radius 1 is 1.08 bits per heavy atom. The van der Waals surface area contributed by atoms with Crippen molar-refractivity contribution in [2.75, 3.05) is 13.7 Å². The van der Waals surface area contributed by atoms with E-state index in [-0.39, 0.29) is 10.6 Å². The maximum Gasteiger partial charge on any atom is 0.340 e. The van der Waals surface area contributed by atoms with Crippen LogP contribution in [0.2, 0.25) is 5.02 Å². The summed E-state index contributed by atoms with van der Waals surface area (Å²) < 4.78 is 35.7. The molecule has 0 aliphatic carbocycles. The maximum absolute atomic E-state index is 13.2. The van der Waals surface area contributed by atoms with Gasteiger partial charge in [-0.15, -0.1) is 0 Å². The lowest BCUT2D eigenvalue weighted by molar-refractivity contribution is -0.123. The lowest BCUT2D eigenvalue weighted by atomic mass is 10.2. The van der Waals surface area contributed by atoms with Gasteiger partial charge in [0.15, 0.2) is 18.2 Å². The highest BCUT2D eigenvalue weighted by molar-refractivity contribution is 6.33. The number of carbonyl (C=O) groups is 3. The number of rotatable bonds is 5. The molecule has 0 radical (unpaired) electrons. The molecule has 0 aliphatic rings. The van der Waals surface area contributed by atoms with Crippen molar-refractivity contribution >= 4 is 29.4 Å². The van der Waals surface area contributed by atoms with Gasteiger partial charge in [0.1, 0.15) is 5.75 Å². The predicted octanol–water partition coefficient (Wildman–Crippen LogP) is 2.74. The first-order chi connectivity index (χ1) is 12.3. The van der Waals surface area contributed by atoms with E-state index in [2.05, 4.69) is 4.74 Å². The van der Waals surface area contributed by atoms with Gasteiger partial charge < -0.3 is 9.47 Å². The van der Waals surface area contributed by atoms with E-state index in [1.807, 2.05) is 5.32 Å². The molecule has 0 unspecified atom stereocenters. The topological polar surface area (TPSA) is 81.7 Å². The van der Waals surface area contributed by atoms with Crippen LogP contribution in [0.15, 0.2) is 36.4 Å². The normalized spacial score (nSPS) is 10.2. The molecule has 0 atom stereocenters. The van der Waals surface area contributed by atoms with Gasteiger partial charge in [-0.05, 0) is 36.4 Å². The number of esters is 1. The Bertz CT molecular complexity index is 855. The second-order valence-electron chi connectivity index (χ2n) is 4.93. The number of benzene rings is 2. The molecule has 1 N–H and O–H groups in total. The lowest BCUT2D eigenvalue weighted by Gasteiger charge is -2.08. The summed E-state index contributed by atoms with van der Waals surface area (Å²) in [7, 11) is 1.46. The first kappa shape index (κ1) is 19.3. The van der Waals surface area contributed by atoms with Crippen LogP contribution < -0.4 is 10.1 Å². The van der Waals surface area contributed by atoms with Crippen LogP contribution in [0.25, 0.3) is 0 Å². The van der Waals surface area contributed by atoms with E-state index in [1.165, 1.54) is 31.4 Å². The van der Waals surface area contributed by atoms with Crippen LogP contribution in [0.5, 0.6) is 5.75 Å². The van der Waals surface area contributed by atoms with Gasteiger partial charge in [0.25, 0.3) is 11.8 Å². The summed E-state index contributed by atoms with van der Waals surface area (Å²) in [6.45, 7) is -0.809. The average molecular weight is 384 g/mol. The van der Waals surface area contributed by atoms with E-state index in [4.69, 9.17) is 16.3 Å². The van der Waals surface area contributed by atoms with Crippen molar-refractivity contribution in [1.82, 2.24) is 5.32 Å². The smallest absolute Gasteiger partial charge is 0.340 e. The van der Waals surface area contributed by atoms with Crippen molar-refractivity contribution in [3.8, 4) is 5.75 Å². The lowest BCUT2D eigenvalue weighted by Crippen LogP contribution is -2.34. The molecule has 0 aliphatic heterocycles. The number of carbonyl (C=O) groups excluding carboxylic acids is 3. The van der Waals surface area contributed by atoms with E-state index in [9.17, 15) is 23.2 Å². The predicted molar refractivity (Wildman–Crippen MR) is 87.1 cm³/mol. The molecule has 26 heavy (non-hydrogen) atoms. The first-order valence-corrected chi connectivity index (χ1v) is 7.49. The van der Waals surface area contributed by atoms with Crippen LogP contribution in [0, 0.1) is 11.6 Å². The largest absolute Gasteiger partial charge is 0.497 e. The number of halogens is 3. The highest BCUT2D eigenvalue weighted by atomic mass is 35.5. The molecular formula is C17H12ClF2NO5. The van der Waals surface area contributed by atoms with Gasteiger partial charge >= 0.3 is 5.97 Å². The Labute approximate surface area is 151 Å². The van der Waals surface area contributed by atoms with E-state index in [0.717, 1.165) is 0 Å². The second-order valence-corrected chi connectivity index (χ2v) is 5.34. The molecule has 136 valence electrons. The molecular weight excluding hydrogens is 372 g/mol. The fourth-order valence-electron chi connectivity index (χ4n) is 1.87. The summed E-state index contributed by atoms with van der Waals surface area (Å²) in [5, 5.41) is 1.64. The van der Waals surface area contributed by atoms with Crippen molar-refractivity contribution in [2.24, 2.45) is 0 Å². The van der Waals surface area contributed by atoms with Crippen LogP contribution in [0.1, 0.15) is 20.7 Å². The summed E-state index contributed by atoms with van der Waals surface area (Å²) in [6, 6.07) is 7.11. The molecule has 0 spiro atoms. The second kappa shape index (κ2) is 8.39. The number of ether oxygens (including phenoxy) is 2. The number of hydrogen-bond donors (Lipinski definition) is 1. The molecule has 2 amide bonds. The Morgan fingerprint density at radius 2 is 1.69 bits per heavy atom. The van der Waals surface area contributed by atoms with Crippen molar-refractivity contribution < 1.29 is 32.6 Å². The highest BCUT2D eigenvalue weighted by Gasteiger charge is 2.18. The van der Waals surface area contributed by atoms with E-state index >= 15 is 0 Å². The van der Waals surface area contributed by atoms with Gasteiger partial charge in [0.05, 0.1) is 17.7 Å². The van der Waals surface area contributed by atoms with Gasteiger partial charge in [0.2, 0.25) is 0 Å². The zero-order valence-electron chi connectivity index (χ0n) is 13.3. The highest BCUT2D eigenvalue weighted by Crippen LogP contribution is 2.20. The number of nitrogens with one attached hydrogen (secondary N) is 1. The van der Waals surface area contributed by atoms with Crippen LogP contribution in [-0.2, 0) is 9.53 Å². The number of imide groups is 1. The van der Waals surface area contributed by atoms with Gasteiger partial charge in [-0.1, -0.05) is 11.6 Å². The van der Waals surface area contributed by atoms with Crippen LogP contribution in [0.3, 0.4) is 0 Å². The van der Waals surface area contributed by atoms with Gasteiger partial charge in [-0.2, -0.15) is 0 Å². The quantitative estimate of drug-likeness (QED) is 0.634. The third kappa shape index (κ3) is 4.76. The summed E-state index contributed by atoms with van der Waals surface area (Å²) in [5.41, 5.74) is -0.256. The Kier molecular flexibility index (Phi) is 6.24. The number of amides is 2. The van der Waals surface area contributed by atoms with Crippen molar-refractivity contribution in [1.29, 1.82) is 0 Å². The molecule has 0 bridgehead atoms. The van der Waals surface area contributed by atoms with E-state index < -0.39 is 41.6 Å². The monoisotopic (exact) mass is 383 g/mol. The molecule has 6 nitrogen and oxygen atoms in total. The molecule has 0 aromatic heterocycles. The van der Waals surface area contributed by atoms with Gasteiger partial charge in [0, 0.05) is 5.56 Å². The minimum atomic E-state index is -1.29. The maximum atomic E-state index is 13.2. The molecule has 0 saturated heterocycles. The van der Waals surface area contributed by atoms with Crippen molar-refractivity contribution in [2.45, 2.75) is 0 Å². The van der Waals surface area contributed by atoms with Crippen LogP contribution in [-0.4, -0.2) is 31.5 Å². The summed E-state index contributed by atoms with van der Waals surface area (Å²) in [5.74, 6) is -4.74. The zero-order chi connectivity index (χ0) is 19.3. The van der Waals surface area contributed by atoms with Crippen molar-refractivity contribution in [3.63, 3.8) is 0 Å². The fraction of sp³-hybridized carbons (Fsp3) is 0.118. The average Bonchev–Trinajstić information content (AvgIpc) is 2.62. The van der Waals surface area contributed by atoms with Gasteiger partial charge in [-0.25, -0.2) is 13.6 Å². The molecule has 0 saturated carbocycles. The summed E-state index contributed by atoms with van der Waals surface area (Å²) in [4.78, 5) is 35.4. The molecule has 0 heterocycles. The van der Waals surface area contributed by atoms with E-state index in [0.29, 0.717) is 17.9 Å². The fourth-order valence-corrected chi connectivity index (χ4v) is 2.09. The third-order valence-electron chi connectivity index (χ3n) is 3.17. The minimum absolute atomic E-state index is 0.189. The molecule has 0 fully saturated rings. The molecule has 2 aromatic carbocycles. The molecule has 9 heteroatoms. The van der Waals surface area contributed by atoms with Gasteiger partial charge in [-0.3, -0.25) is 14.9 Å². The van der Waals surface area contributed by atoms with Crippen LogP contribution in [0.4, 0.5) is 8.78 Å². The number of methoxy groups -OCH3 is 1. The standard InChI is InChI=1S/C17H12ClF2NO5/c1-25-10-4-2-9(3-5-10)16(23)21-15(22)8-26-17(24)11-6-13(19)14(20)7-12(11)18/h2-7H,8H2,1H3,(H,21,22,23). The SMILES string of the molecule is COc1ccc(C(=O)NC(=O)COC(=O)c2cc(F)c(F)cc2Cl)cc1. The zero-order valence-corrected chi connectivity index (χ0v) is 14.1. The number of hydrogen-bond acceptors (Lipinski definition) is 5. The summed E-state index contributed by atoms with van der Waals surface area (Å²) >= 11 is 5.63. The Morgan fingerprint density at radius 3 is 2.31 bits per heavy atom. The summed E-state index contributed by atoms with van der Waals surface area (Å²) in [6.07, 6.45) is 0. The first-order valence-electron chi connectivity index (χ1n) is 7.11. The molecule has 2 rings (SSSR count). The van der Waals surface area contributed by atoms with Crippen LogP contribution >= 0.6 is 11.6 Å². The van der Waals surface area contributed by atoms with Crippen molar-refractivity contribution in [3.05, 3.63) is 64.2 Å². The minimum Gasteiger partial charge on any atom is -0.497 e. The Hall–Kier alpha value is -3.00. The molecule has 2 aromatic rings. The Balaban J connectivity index is 1.92. The third-order valence-corrected chi connectivity index (χ3v) is 3.48. The van der Waals surface area contributed by atoms with E-state index in [1.54, 1.807) is 0 Å².